The summed E-state index contributed by atoms with van der Waals surface area (Å²) in [5.41, 5.74) is 4.34. The summed E-state index contributed by atoms with van der Waals surface area (Å²) in [6.07, 6.45) is 8.34. The smallest absolute Gasteiger partial charge is 0.274 e. The number of rotatable bonds is 9. The molecule has 4 aromatic rings. The number of carbonyl (C=O) groups excluding carboxylic acids is 1. The predicted octanol–water partition coefficient (Wildman–Crippen LogP) is 4.80. The average molecular weight is 510 g/mol. The predicted molar refractivity (Wildman–Crippen MR) is 151 cm³/mol. The Kier molecular flexibility index (Phi) is 8.24. The van der Waals surface area contributed by atoms with Crippen molar-refractivity contribution in [2.45, 2.75) is 51.5 Å². The molecule has 7 nitrogen and oxygen atoms in total. The summed E-state index contributed by atoms with van der Waals surface area (Å²) in [6, 6.07) is 20.1. The van der Waals surface area contributed by atoms with Crippen LogP contribution in [-0.4, -0.2) is 45.2 Å². The highest BCUT2D eigenvalue weighted by atomic mass is 16.1. The monoisotopic (exact) mass is 509 g/mol. The lowest BCUT2D eigenvalue weighted by molar-refractivity contribution is -0.114. The Morgan fingerprint density at radius 1 is 0.947 bits per heavy atom. The summed E-state index contributed by atoms with van der Waals surface area (Å²) >= 11 is 0. The summed E-state index contributed by atoms with van der Waals surface area (Å²) in [4.78, 5) is 31.2. The average Bonchev–Trinajstić information content (AvgIpc) is 2.94. The normalized spacial score (nSPS) is 14.6. The first-order valence-corrected chi connectivity index (χ1v) is 13.5. The molecule has 5 rings (SSSR count). The van der Waals surface area contributed by atoms with Gasteiger partial charge in [0.05, 0.1) is 11.1 Å². The number of aromatic nitrogens is 3. The van der Waals surface area contributed by atoms with E-state index in [9.17, 15) is 9.59 Å². The highest BCUT2D eigenvalue weighted by Crippen LogP contribution is 2.29. The second kappa shape index (κ2) is 12.1. The minimum absolute atomic E-state index is 0.00831. The van der Waals surface area contributed by atoms with Gasteiger partial charge in [0.25, 0.3) is 5.56 Å². The van der Waals surface area contributed by atoms with Crippen molar-refractivity contribution in [1.29, 1.82) is 0 Å². The quantitative estimate of drug-likeness (QED) is 0.350. The van der Waals surface area contributed by atoms with Crippen LogP contribution in [0.25, 0.3) is 10.8 Å². The third-order valence-electron chi connectivity index (χ3n) is 7.45. The lowest BCUT2D eigenvalue weighted by Gasteiger charge is -2.32. The molecule has 1 fully saturated rings. The fourth-order valence-electron chi connectivity index (χ4n) is 5.46. The highest BCUT2D eigenvalue weighted by Gasteiger charge is 2.21. The van der Waals surface area contributed by atoms with Gasteiger partial charge in [0.15, 0.2) is 0 Å². The fraction of sp³-hybridized carbons (Fsp3) is 0.355. The summed E-state index contributed by atoms with van der Waals surface area (Å²) in [5, 5.41) is 9.40. The molecule has 196 valence electrons. The third kappa shape index (κ3) is 6.34. The summed E-state index contributed by atoms with van der Waals surface area (Å²) in [5.74, 6) is 0.463. The van der Waals surface area contributed by atoms with Crippen LogP contribution in [0.15, 0.2) is 77.9 Å². The molecular weight excluding hydrogens is 474 g/mol. The number of aryl methyl sites for hydroxylation is 3. The van der Waals surface area contributed by atoms with E-state index in [1.807, 2.05) is 60.9 Å². The Morgan fingerprint density at radius 3 is 2.47 bits per heavy atom. The molecule has 1 saturated heterocycles. The molecule has 2 aromatic heterocycles. The lowest BCUT2D eigenvalue weighted by Crippen LogP contribution is -2.35. The van der Waals surface area contributed by atoms with Gasteiger partial charge in [-0.25, -0.2) is 4.68 Å². The number of anilines is 1. The molecule has 2 aromatic carbocycles. The Morgan fingerprint density at radius 2 is 1.71 bits per heavy atom. The zero-order valence-corrected chi connectivity index (χ0v) is 22.0. The number of benzene rings is 2. The van der Waals surface area contributed by atoms with E-state index in [4.69, 9.17) is 5.10 Å². The van der Waals surface area contributed by atoms with Crippen LogP contribution < -0.4 is 10.9 Å². The van der Waals surface area contributed by atoms with Crippen LogP contribution in [0.4, 0.5) is 5.69 Å². The maximum atomic E-state index is 13.2. The van der Waals surface area contributed by atoms with Crippen molar-refractivity contribution in [3.63, 3.8) is 0 Å². The van der Waals surface area contributed by atoms with Gasteiger partial charge >= 0.3 is 0 Å². The second-order valence-electron chi connectivity index (χ2n) is 10.2. The minimum atomic E-state index is -0.0437. The van der Waals surface area contributed by atoms with Crippen LogP contribution in [0.5, 0.6) is 0 Å². The zero-order valence-electron chi connectivity index (χ0n) is 22.0. The van der Waals surface area contributed by atoms with E-state index in [-0.39, 0.29) is 11.5 Å². The van der Waals surface area contributed by atoms with Crippen molar-refractivity contribution in [2.24, 2.45) is 0 Å². The van der Waals surface area contributed by atoms with Crippen molar-refractivity contribution >= 4 is 22.4 Å². The van der Waals surface area contributed by atoms with Crippen LogP contribution in [0.1, 0.15) is 48.9 Å². The SMILES string of the molecule is CC(=O)Nc1cccc(C2CCN(CCCn3nc(CCc4ccncc4)c4ccccc4c3=O)CC2)c1. The van der Waals surface area contributed by atoms with E-state index in [0.717, 1.165) is 73.9 Å². The maximum Gasteiger partial charge on any atom is 0.274 e. The molecular formula is C31H35N5O2. The van der Waals surface area contributed by atoms with Gasteiger partial charge in [0.1, 0.15) is 0 Å². The van der Waals surface area contributed by atoms with Crippen LogP contribution in [0, 0.1) is 0 Å². The molecule has 0 radical (unpaired) electrons. The van der Waals surface area contributed by atoms with Gasteiger partial charge in [-0.3, -0.25) is 14.6 Å². The largest absolute Gasteiger partial charge is 0.326 e. The third-order valence-corrected chi connectivity index (χ3v) is 7.45. The van der Waals surface area contributed by atoms with E-state index in [2.05, 4.69) is 27.3 Å². The van der Waals surface area contributed by atoms with Gasteiger partial charge in [0, 0.05) is 36.9 Å². The molecule has 0 saturated carbocycles. The number of pyridine rings is 1. The number of hydrogen-bond acceptors (Lipinski definition) is 5. The molecule has 1 amide bonds. The van der Waals surface area contributed by atoms with Gasteiger partial charge in [-0.05, 0) is 99.1 Å². The van der Waals surface area contributed by atoms with E-state index < -0.39 is 0 Å². The van der Waals surface area contributed by atoms with Crippen LogP contribution in [0.3, 0.4) is 0 Å². The number of nitrogens with zero attached hydrogens (tertiary/aromatic N) is 4. The Balaban J connectivity index is 1.19. The van der Waals surface area contributed by atoms with Gasteiger partial charge in [-0.1, -0.05) is 30.3 Å². The molecule has 38 heavy (non-hydrogen) atoms. The fourth-order valence-corrected chi connectivity index (χ4v) is 5.46. The number of likely N-dealkylation sites (tertiary alicyclic amines) is 1. The van der Waals surface area contributed by atoms with E-state index in [0.29, 0.717) is 12.5 Å². The second-order valence-corrected chi connectivity index (χ2v) is 10.2. The number of nitrogens with one attached hydrogen (secondary N) is 1. The maximum absolute atomic E-state index is 13.2. The standard InChI is InChI=1S/C31H35N5O2/c1-23(37)33-27-7-4-6-26(22-27)25-14-20-35(21-15-25)18-5-19-36-31(38)29-9-3-2-8-28(29)30(34-36)11-10-24-12-16-32-17-13-24/h2-4,6-9,12-13,16-17,22,25H,5,10-11,14-15,18-21H2,1H3,(H,33,37). The first kappa shape index (κ1) is 25.8. The Bertz CT molecular complexity index is 1440. The highest BCUT2D eigenvalue weighted by molar-refractivity contribution is 5.88. The molecule has 0 unspecified atom stereocenters. The van der Waals surface area contributed by atoms with E-state index in [1.165, 1.54) is 18.1 Å². The van der Waals surface area contributed by atoms with E-state index >= 15 is 0 Å². The molecule has 1 aliphatic rings. The minimum Gasteiger partial charge on any atom is -0.326 e. The number of amides is 1. The zero-order chi connectivity index (χ0) is 26.3. The van der Waals surface area contributed by atoms with Gasteiger partial charge in [-0.2, -0.15) is 5.10 Å². The van der Waals surface area contributed by atoms with Crippen molar-refractivity contribution in [3.8, 4) is 0 Å². The molecule has 1 aliphatic heterocycles. The molecule has 1 N–H and O–H groups in total. The Hall–Kier alpha value is -3.84. The topological polar surface area (TPSA) is 80.1 Å². The van der Waals surface area contributed by atoms with Gasteiger partial charge in [-0.15, -0.1) is 0 Å². The van der Waals surface area contributed by atoms with Gasteiger partial charge in [0.2, 0.25) is 5.91 Å². The van der Waals surface area contributed by atoms with Crippen LogP contribution in [-0.2, 0) is 24.2 Å². The van der Waals surface area contributed by atoms with Gasteiger partial charge < -0.3 is 10.2 Å². The Labute approximate surface area is 223 Å². The molecule has 0 aliphatic carbocycles. The summed E-state index contributed by atoms with van der Waals surface area (Å²) in [6.45, 7) is 5.17. The van der Waals surface area contributed by atoms with Crippen molar-refractivity contribution in [2.75, 3.05) is 25.0 Å². The number of piperidine rings is 1. The van der Waals surface area contributed by atoms with Crippen LogP contribution >= 0.6 is 0 Å². The molecule has 3 heterocycles. The molecule has 0 spiro atoms. The van der Waals surface area contributed by atoms with Crippen LogP contribution in [0.2, 0.25) is 0 Å². The first-order valence-electron chi connectivity index (χ1n) is 13.5. The molecule has 0 atom stereocenters. The summed E-state index contributed by atoms with van der Waals surface area (Å²) < 4.78 is 1.67. The van der Waals surface area contributed by atoms with Crippen molar-refractivity contribution in [3.05, 3.63) is 100 Å². The van der Waals surface area contributed by atoms with Crippen molar-refractivity contribution < 1.29 is 4.79 Å². The molecule has 0 bridgehead atoms. The molecule has 7 heteroatoms. The van der Waals surface area contributed by atoms with E-state index in [1.54, 1.807) is 4.68 Å². The number of fused-ring (bicyclic) bond motifs is 1. The van der Waals surface area contributed by atoms with Crippen molar-refractivity contribution in [1.82, 2.24) is 19.7 Å². The number of carbonyl (C=O) groups is 1. The number of hydrogen-bond donors (Lipinski definition) is 1. The lowest BCUT2D eigenvalue weighted by atomic mass is 9.89. The first-order chi connectivity index (χ1) is 18.6. The summed E-state index contributed by atoms with van der Waals surface area (Å²) in [7, 11) is 0.